The van der Waals surface area contributed by atoms with Crippen LogP contribution in [0.2, 0.25) is 0 Å². The predicted molar refractivity (Wildman–Crippen MR) is 85.7 cm³/mol. The summed E-state index contributed by atoms with van der Waals surface area (Å²) >= 11 is 0. The fourth-order valence-electron chi connectivity index (χ4n) is 2.68. The van der Waals surface area contributed by atoms with Crippen molar-refractivity contribution in [3.05, 3.63) is 35.8 Å². The van der Waals surface area contributed by atoms with Crippen LogP contribution in [0, 0.1) is 5.82 Å². The maximum atomic E-state index is 13.1. The van der Waals surface area contributed by atoms with Crippen molar-refractivity contribution in [2.75, 3.05) is 0 Å². The minimum absolute atomic E-state index is 0.0869. The Morgan fingerprint density at radius 3 is 2.52 bits per heavy atom. The molecule has 0 spiro atoms. The molecule has 2 aromatic rings. The molecule has 21 heavy (non-hydrogen) atoms. The van der Waals surface area contributed by atoms with Gasteiger partial charge in [-0.25, -0.2) is 4.39 Å². The van der Waals surface area contributed by atoms with E-state index in [4.69, 9.17) is 10.2 Å². The number of benzene rings is 1. The zero-order valence-electron chi connectivity index (χ0n) is 12.9. The Kier molecular flexibility index (Phi) is 6.24. The third-order valence-corrected chi connectivity index (χ3v) is 3.98. The van der Waals surface area contributed by atoms with Gasteiger partial charge in [0.25, 0.3) is 0 Å². The van der Waals surface area contributed by atoms with E-state index in [0.717, 1.165) is 24.0 Å². The molecular formula is C18H26FNO. The van der Waals surface area contributed by atoms with Crippen LogP contribution in [0.25, 0.3) is 11.0 Å². The van der Waals surface area contributed by atoms with Crippen molar-refractivity contribution < 1.29 is 8.81 Å². The number of unbranched alkanes of at least 4 members (excludes halogenated alkanes) is 6. The van der Waals surface area contributed by atoms with Crippen molar-refractivity contribution >= 4 is 11.0 Å². The first kappa shape index (κ1) is 16.0. The Hall–Kier alpha value is -1.35. The Morgan fingerprint density at radius 1 is 1.05 bits per heavy atom. The van der Waals surface area contributed by atoms with Crippen LogP contribution in [0.1, 0.15) is 70.1 Å². The third-order valence-electron chi connectivity index (χ3n) is 3.98. The summed E-state index contributed by atoms with van der Waals surface area (Å²) in [5, 5.41) is 0.792. The van der Waals surface area contributed by atoms with E-state index in [2.05, 4.69) is 6.92 Å². The normalized spacial score (nSPS) is 12.9. The van der Waals surface area contributed by atoms with Gasteiger partial charge in [0, 0.05) is 5.39 Å². The lowest BCUT2D eigenvalue weighted by atomic mass is 10.0. The molecule has 0 bridgehead atoms. The van der Waals surface area contributed by atoms with Crippen molar-refractivity contribution in [1.82, 2.24) is 0 Å². The van der Waals surface area contributed by atoms with Gasteiger partial charge < -0.3 is 10.2 Å². The molecule has 2 nitrogen and oxygen atoms in total. The van der Waals surface area contributed by atoms with Crippen LogP contribution in [-0.4, -0.2) is 0 Å². The second kappa shape index (κ2) is 8.18. The van der Waals surface area contributed by atoms with Crippen LogP contribution in [0.3, 0.4) is 0 Å². The second-order valence-corrected chi connectivity index (χ2v) is 5.85. The minimum atomic E-state index is -0.240. The molecule has 3 heteroatoms. The molecule has 0 saturated carbocycles. The van der Waals surface area contributed by atoms with Crippen LogP contribution in [0.15, 0.2) is 28.7 Å². The molecule has 1 heterocycles. The summed E-state index contributed by atoms with van der Waals surface area (Å²) in [7, 11) is 0. The molecule has 0 amide bonds. The SMILES string of the molecule is CCCCCCCCCC(N)c1cc2cc(F)ccc2o1. The van der Waals surface area contributed by atoms with Crippen molar-refractivity contribution in [1.29, 1.82) is 0 Å². The molecule has 2 rings (SSSR count). The van der Waals surface area contributed by atoms with Gasteiger partial charge in [-0.2, -0.15) is 0 Å². The summed E-state index contributed by atoms with van der Waals surface area (Å²) < 4.78 is 18.9. The molecule has 0 aliphatic carbocycles. The summed E-state index contributed by atoms with van der Waals surface area (Å²) in [6.45, 7) is 2.23. The lowest BCUT2D eigenvalue weighted by molar-refractivity contribution is 0.458. The van der Waals surface area contributed by atoms with Gasteiger partial charge in [-0.1, -0.05) is 51.9 Å². The van der Waals surface area contributed by atoms with Crippen molar-refractivity contribution in [2.45, 2.75) is 64.3 Å². The topological polar surface area (TPSA) is 39.2 Å². The summed E-state index contributed by atoms with van der Waals surface area (Å²) in [4.78, 5) is 0. The predicted octanol–water partition coefficient (Wildman–Crippen LogP) is 5.71. The van der Waals surface area contributed by atoms with Gasteiger partial charge in [0.2, 0.25) is 0 Å². The maximum absolute atomic E-state index is 13.1. The highest BCUT2D eigenvalue weighted by Gasteiger charge is 2.12. The smallest absolute Gasteiger partial charge is 0.134 e. The molecule has 1 aromatic heterocycles. The summed E-state index contributed by atoms with van der Waals surface area (Å²) in [6, 6.07) is 6.34. The molecule has 2 N–H and O–H groups in total. The van der Waals surface area contributed by atoms with E-state index in [1.165, 1.54) is 50.7 Å². The second-order valence-electron chi connectivity index (χ2n) is 5.85. The molecule has 1 atom stereocenters. The van der Waals surface area contributed by atoms with Gasteiger partial charge in [-0.3, -0.25) is 0 Å². The molecule has 0 aliphatic heterocycles. The summed E-state index contributed by atoms with van der Waals surface area (Å²) in [5.74, 6) is 0.525. The van der Waals surface area contributed by atoms with Gasteiger partial charge in [0.1, 0.15) is 17.2 Å². The molecule has 0 saturated heterocycles. The van der Waals surface area contributed by atoms with Crippen molar-refractivity contribution in [3.63, 3.8) is 0 Å². The van der Waals surface area contributed by atoms with Crippen LogP contribution < -0.4 is 5.73 Å². The highest BCUT2D eigenvalue weighted by atomic mass is 19.1. The van der Waals surface area contributed by atoms with E-state index in [0.29, 0.717) is 5.58 Å². The number of fused-ring (bicyclic) bond motifs is 1. The fraction of sp³-hybridized carbons (Fsp3) is 0.556. The van der Waals surface area contributed by atoms with E-state index >= 15 is 0 Å². The lowest BCUT2D eigenvalue weighted by Crippen LogP contribution is -2.08. The standard InChI is InChI=1S/C18H26FNO/c1-2-3-4-5-6-7-8-9-16(20)18-13-14-12-15(19)10-11-17(14)21-18/h10-13,16H,2-9,20H2,1H3. The maximum Gasteiger partial charge on any atom is 0.134 e. The molecule has 0 fully saturated rings. The largest absolute Gasteiger partial charge is 0.459 e. The number of nitrogens with two attached hydrogens (primary N) is 1. The van der Waals surface area contributed by atoms with E-state index in [9.17, 15) is 4.39 Å². The zero-order valence-corrected chi connectivity index (χ0v) is 12.9. The van der Waals surface area contributed by atoms with Gasteiger partial charge >= 0.3 is 0 Å². The molecule has 1 unspecified atom stereocenters. The minimum Gasteiger partial charge on any atom is -0.459 e. The van der Waals surface area contributed by atoms with Gasteiger partial charge in [-0.05, 0) is 30.7 Å². The quantitative estimate of drug-likeness (QED) is 0.601. The van der Waals surface area contributed by atoms with Crippen LogP contribution in [-0.2, 0) is 0 Å². The molecule has 1 aromatic carbocycles. The number of hydrogen-bond acceptors (Lipinski definition) is 2. The average molecular weight is 291 g/mol. The van der Waals surface area contributed by atoms with E-state index < -0.39 is 0 Å². The highest BCUT2D eigenvalue weighted by Crippen LogP contribution is 2.26. The number of rotatable bonds is 9. The van der Waals surface area contributed by atoms with Crippen molar-refractivity contribution in [3.8, 4) is 0 Å². The molecule has 0 aliphatic rings. The summed E-state index contributed by atoms with van der Waals surface area (Å²) in [6.07, 6.45) is 9.87. The zero-order chi connectivity index (χ0) is 15.1. The van der Waals surface area contributed by atoms with Gasteiger partial charge in [0.05, 0.1) is 6.04 Å². The van der Waals surface area contributed by atoms with Crippen LogP contribution >= 0.6 is 0 Å². The number of hydrogen-bond donors (Lipinski definition) is 1. The Balaban J connectivity index is 1.75. The monoisotopic (exact) mass is 291 g/mol. The van der Waals surface area contributed by atoms with E-state index in [1.54, 1.807) is 6.07 Å². The molecule has 0 radical (unpaired) electrons. The van der Waals surface area contributed by atoms with E-state index in [-0.39, 0.29) is 11.9 Å². The van der Waals surface area contributed by atoms with E-state index in [1.807, 2.05) is 6.07 Å². The first-order chi connectivity index (χ1) is 10.2. The van der Waals surface area contributed by atoms with Crippen molar-refractivity contribution in [2.24, 2.45) is 5.73 Å². The first-order valence-corrected chi connectivity index (χ1v) is 8.15. The first-order valence-electron chi connectivity index (χ1n) is 8.15. The molecule has 116 valence electrons. The fourth-order valence-corrected chi connectivity index (χ4v) is 2.68. The highest BCUT2D eigenvalue weighted by molar-refractivity contribution is 5.77. The Bertz CT molecular complexity index is 549. The lowest BCUT2D eigenvalue weighted by Gasteiger charge is -2.08. The Labute approximate surface area is 126 Å². The number of furan rings is 1. The molecular weight excluding hydrogens is 265 g/mol. The van der Waals surface area contributed by atoms with Gasteiger partial charge in [-0.15, -0.1) is 0 Å². The van der Waals surface area contributed by atoms with Gasteiger partial charge in [0.15, 0.2) is 0 Å². The Morgan fingerprint density at radius 2 is 1.76 bits per heavy atom. The number of halogens is 1. The van der Waals surface area contributed by atoms with Crippen LogP contribution in [0.5, 0.6) is 0 Å². The third kappa shape index (κ3) is 4.85. The van der Waals surface area contributed by atoms with Crippen LogP contribution in [0.4, 0.5) is 4.39 Å². The summed E-state index contributed by atoms with van der Waals surface area (Å²) in [5.41, 5.74) is 6.88. The average Bonchev–Trinajstić information content (AvgIpc) is 2.89.